The molecule has 0 aliphatic heterocycles. The number of hydrogen-bond donors (Lipinski definition) is 1. The molecule has 0 heterocycles. The molecule has 0 amide bonds. The van der Waals surface area contributed by atoms with Crippen molar-refractivity contribution in [3.05, 3.63) is 0 Å². The molecule has 0 aromatic rings. The Morgan fingerprint density at radius 1 is 0.436 bits per heavy atom. The minimum absolute atomic E-state index is 0.224. The third kappa shape index (κ3) is 33.5. The topological polar surface area (TPSA) is 46.5 Å². The first-order valence-electron chi connectivity index (χ1n) is 18.1. The van der Waals surface area contributed by atoms with Crippen LogP contribution in [0.4, 0.5) is 0 Å². The minimum atomic E-state index is -0.907. The van der Waals surface area contributed by atoms with Gasteiger partial charge in [-0.05, 0) is 12.8 Å². The van der Waals surface area contributed by atoms with Crippen LogP contribution in [-0.2, 0) is 9.53 Å². The first kappa shape index (κ1) is 38.4. The summed E-state index contributed by atoms with van der Waals surface area (Å²) in [7, 11) is 0. The Hall–Kier alpha value is -0.570. The summed E-state index contributed by atoms with van der Waals surface area (Å²) in [5.41, 5.74) is 0. The van der Waals surface area contributed by atoms with Crippen LogP contribution in [0.25, 0.3) is 0 Å². The van der Waals surface area contributed by atoms with E-state index in [0.717, 1.165) is 25.7 Å². The van der Waals surface area contributed by atoms with Gasteiger partial charge in [-0.1, -0.05) is 194 Å². The number of hydrogen-bond acceptors (Lipinski definition) is 3. The van der Waals surface area contributed by atoms with E-state index in [4.69, 9.17) is 4.74 Å². The molecule has 0 aromatic carbocycles. The summed E-state index contributed by atoms with van der Waals surface area (Å²) in [5.74, 6) is -0.224. The predicted molar refractivity (Wildman–Crippen MR) is 171 cm³/mol. The lowest BCUT2D eigenvalue weighted by molar-refractivity contribution is -0.168. The number of esters is 1. The molecule has 0 aliphatic rings. The predicted octanol–water partition coefficient (Wildman–Crippen LogP) is 12.4. The highest BCUT2D eigenvalue weighted by atomic mass is 16.6. The third-order valence-corrected chi connectivity index (χ3v) is 8.31. The largest absolute Gasteiger partial charge is 0.436 e. The molecule has 0 saturated heterocycles. The van der Waals surface area contributed by atoms with Gasteiger partial charge in [-0.2, -0.15) is 0 Å². The van der Waals surface area contributed by atoms with Crippen molar-refractivity contribution in [2.75, 3.05) is 0 Å². The second-order valence-electron chi connectivity index (χ2n) is 12.4. The molecule has 0 aliphatic carbocycles. The summed E-state index contributed by atoms with van der Waals surface area (Å²) in [5, 5.41) is 10.0. The Morgan fingerprint density at radius 2 is 0.692 bits per heavy atom. The van der Waals surface area contributed by atoms with Crippen molar-refractivity contribution in [2.24, 2.45) is 0 Å². The Kier molecular flexibility index (Phi) is 33.1. The van der Waals surface area contributed by atoms with Crippen LogP contribution in [0, 0.1) is 0 Å². The van der Waals surface area contributed by atoms with E-state index in [9.17, 15) is 9.90 Å². The molecular weight excluding hydrogens is 480 g/mol. The van der Waals surface area contributed by atoms with E-state index < -0.39 is 6.29 Å². The summed E-state index contributed by atoms with van der Waals surface area (Å²) >= 11 is 0. The van der Waals surface area contributed by atoms with E-state index in [0.29, 0.717) is 12.8 Å². The van der Waals surface area contributed by atoms with E-state index in [1.807, 2.05) is 0 Å². The van der Waals surface area contributed by atoms with Crippen molar-refractivity contribution in [3.8, 4) is 0 Å². The molecule has 0 radical (unpaired) electrons. The standard InChI is InChI=1S/C36H72O3/c1-3-5-7-9-11-13-15-17-19-21-23-25-27-29-31-33-35(37)39-36(38)34-32-30-28-26-24-22-20-18-16-14-12-10-8-6-4-2/h35,37H,3-34H2,1-2H3. The second-order valence-corrected chi connectivity index (χ2v) is 12.4. The van der Waals surface area contributed by atoms with Crippen molar-refractivity contribution < 1.29 is 14.6 Å². The molecular formula is C36H72O3. The third-order valence-electron chi connectivity index (χ3n) is 8.31. The van der Waals surface area contributed by atoms with Crippen LogP contribution in [0.2, 0.25) is 0 Å². The summed E-state index contributed by atoms with van der Waals surface area (Å²) in [6.07, 6.45) is 40.0. The minimum Gasteiger partial charge on any atom is -0.436 e. The Labute approximate surface area is 246 Å². The maximum Gasteiger partial charge on any atom is 0.308 e. The molecule has 1 unspecified atom stereocenters. The summed E-state index contributed by atoms with van der Waals surface area (Å²) in [4.78, 5) is 12.0. The molecule has 0 bridgehead atoms. The molecule has 0 rings (SSSR count). The highest BCUT2D eigenvalue weighted by molar-refractivity contribution is 5.69. The molecule has 3 heteroatoms. The van der Waals surface area contributed by atoms with Crippen molar-refractivity contribution in [2.45, 2.75) is 226 Å². The normalized spacial score (nSPS) is 12.2. The lowest BCUT2D eigenvalue weighted by Gasteiger charge is -2.12. The van der Waals surface area contributed by atoms with Crippen LogP contribution < -0.4 is 0 Å². The van der Waals surface area contributed by atoms with Gasteiger partial charge in [-0.25, -0.2) is 0 Å². The van der Waals surface area contributed by atoms with E-state index in [-0.39, 0.29) is 5.97 Å². The number of aliphatic hydroxyl groups is 1. The first-order valence-corrected chi connectivity index (χ1v) is 18.1. The fourth-order valence-corrected chi connectivity index (χ4v) is 5.60. The van der Waals surface area contributed by atoms with Gasteiger partial charge in [-0.15, -0.1) is 0 Å². The van der Waals surface area contributed by atoms with Gasteiger partial charge < -0.3 is 9.84 Å². The number of rotatable bonds is 33. The van der Waals surface area contributed by atoms with Gasteiger partial charge in [0.2, 0.25) is 6.29 Å². The number of ether oxygens (including phenoxy) is 1. The zero-order valence-corrected chi connectivity index (χ0v) is 27.0. The van der Waals surface area contributed by atoms with E-state index in [1.54, 1.807) is 0 Å². The van der Waals surface area contributed by atoms with Crippen LogP contribution in [0.1, 0.15) is 219 Å². The summed E-state index contributed by atoms with van der Waals surface area (Å²) in [6.45, 7) is 4.56. The maximum atomic E-state index is 12.0. The smallest absolute Gasteiger partial charge is 0.308 e. The average Bonchev–Trinajstić information content (AvgIpc) is 2.93. The number of aliphatic hydroxyl groups excluding tert-OH is 1. The fourth-order valence-electron chi connectivity index (χ4n) is 5.60. The first-order chi connectivity index (χ1) is 19.2. The van der Waals surface area contributed by atoms with Gasteiger partial charge in [0.05, 0.1) is 0 Å². The van der Waals surface area contributed by atoms with Gasteiger partial charge in [0, 0.05) is 12.8 Å². The lowest BCUT2D eigenvalue weighted by atomic mass is 10.0. The fraction of sp³-hybridized carbons (Fsp3) is 0.972. The second kappa shape index (κ2) is 33.6. The van der Waals surface area contributed by atoms with Crippen LogP contribution in [0.3, 0.4) is 0 Å². The van der Waals surface area contributed by atoms with Crippen molar-refractivity contribution in [1.82, 2.24) is 0 Å². The number of carbonyl (C=O) groups is 1. The van der Waals surface area contributed by atoms with Gasteiger partial charge in [0.1, 0.15) is 0 Å². The number of carbonyl (C=O) groups excluding carboxylic acids is 1. The molecule has 234 valence electrons. The molecule has 0 aromatic heterocycles. The van der Waals surface area contributed by atoms with Crippen LogP contribution in [-0.4, -0.2) is 17.4 Å². The molecule has 0 saturated carbocycles. The molecule has 1 N–H and O–H groups in total. The Morgan fingerprint density at radius 3 is 1.00 bits per heavy atom. The molecule has 39 heavy (non-hydrogen) atoms. The molecule has 0 spiro atoms. The Balaban J connectivity index is 3.27. The molecule has 0 fully saturated rings. The molecule has 3 nitrogen and oxygen atoms in total. The zero-order chi connectivity index (χ0) is 28.5. The van der Waals surface area contributed by atoms with E-state index in [2.05, 4.69) is 13.8 Å². The van der Waals surface area contributed by atoms with Crippen LogP contribution >= 0.6 is 0 Å². The molecule has 1 atom stereocenters. The Bertz CT molecular complexity index is 464. The van der Waals surface area contributed by atoms with Gasteiger partial charge in [0.15, 0.2) is 0 Å². The highest BCUT2D eigenvalue weighted by Gasteiger charge is 2.10. The van der Waals surface area contributed by atoms with Crippen molar-refractivity contribution >= 4 is 5.97 Å². The highest BCUT2D eigenvalue weighted by Crippen LogP contribution is 2.16. The number of unbranched alkanes of at least 4 members (excludes halogenated alkanes) is 28. The quantitative estimate of drug-likeness (QED) is 0.0500. The average molecular weight is 553 g/mol. The van der Waals surface area contributed by atoms with Gasteiger partial charge >= 0.3 is 5.97 Å². The zero-order valence-electron chi connectivity index (χ0n) is 27.0. The lowest BCUT2D eigenvalue weighted by Crippen LogP contribution is -2.17. The van der Waals surface area contributed by atoms with E-state index in [1.165, 1.54) is 167 Å². The van der Waals surface area contributed by atoms with Crippen molar-refractivity contribution in [1.29, 1.82) is 0 Å². The van der Waals surface area contributed by atoms with Crippen LogP contribution in [0.5, 0.6) is 0 Å². The van der Waals surface area contributed by atoms with Gasteiger partial charge in [-0.3, -0.25) is 4.79 Å². The summed E-state index contributed by atoms with van der Waals surface area (Å²) < 4.78 is 5.21. The monoisotopic (exact) mass is 553 g/mol. The van der Waals surface area contributed by atoms with Crippen LogP contribution in [0.15, 0.2) is 0 Å². The van der Waals surface area contributed by atoms with Gasteiger partial charge in [0.25, 0.3) is 0 Å². The SMILES string of the molecule is CCCCCCCCCCCCCCCCCC(=O)OC(O)CCCCCCCCCCCCCCCCC. The van der Waals surface area contributed by atoms with E-state index >= 15 is 0 Å². The van der Waals surface area contributed by atoms with Crippen molar-refractivity contribution in [3.63, 3.8) is 0 Å². The summed E-state index contributed by atoms with van der Waals surface area (Å²) in [6, 6.07) is 0. The maximum absolute atomic E-state index is 12.0.